The van der Waals surface area contributed by atoms with Crippen LogP contribution in [0.2, 0.25) is 0 Å². The average molecular weight is 203 g/mol. The van der Waals surface area contributed by atoms with Gasteiger partial charge in [0.25, 0.3) is 0 Å². The highest BCUT2D eigenvalue weighted by Gasteiger charge is 1.98. The van der Waals surface area contributed by atoms with E-state index in [0.29, 0.717) is 6.54 Å². The molecule has 1 aromatic rings. The first-order chi connectivity index (χ1) is 7.34. The fraction of sp³-hybridized carbons (Fsp3) is 0.417. The van der Waals surface area contributed by atoms with Crippen LogP contribution in [0.1, 0.15) is 6.42 Å². The summed E-state index contributed by atoms with van der Waals surface area (Å²) in [7, 11) is 2.08. The Bertz CT molecular complexity index is 302. The van der Waals surface area contributed by atoms with Crippen LogP contribution in [-0.4, -0.2) is 26.7 Å². The molecule has 0 aliphatic carbocycles. The van der Waals surface area contributed by atoms with Gasteiger partial charge in [0.1, 0.15) is 0 Å². The van der Waals surface area contributed by atoms with Gasteiger partial charge in [0.05, 0.1) is 12.6 Å². The van der Waals surface area contributed by atoms with Gasteiger partial charge in [-0.2, -0.15) is 5.26 Å². The monoisotopic (exact) mass is 203 g/mol. The second-order valence-corrected chi connectivity index (χ2v) is 3.45. The Balaban J connectivity index is 2.20. The Morgan fingerprint density at radius 1 is 1.33 bits per heavy atom. The van der Waals surface area contributed by atoms with Crippen molar-refractivity contribution in [3.05, 3.63) is 30.3 Å². The maximum atomic E-state index is 8.33. The van der Waals surface area contributed by atoms with Crippen molar-refractivity contribution in [3.8, 4) is 6.07 Å². The van der Waals surface area contributed by atoms with Gasteiger partial charge < -0.3 is 10.2 Å². The minimum atomic E-state index is 0.440. The Morgan fingerprint density at radius 3 is 2.73 bits per heavy atom. The van der Waals surface area contributed by atoms with Crippen LogP contribution in [0.3, 0.4) is 0 Å². The maximum Gasteiger partial charge on any atom is 0.0840 e. The van der Waals surface area contributed by atoms with Crippen LogP contribution in [0.4, 0.5) is 5.69 Å². The van der Waals surface area contributed by atoms with Crippen LogP contribution in [0.15, 0.2) is 30.3 Å². The van der Waals surface area contributed by atoms with Crippen molar-refractivity contribution in [2.75, 3.05) is 31.6 Å². The summed E-state index contributed by atoms with van der Waals surface area (Å²) in [5.41, 5.74) is 1.23. The zero-order chi connectivity index (χ0) is 10.9. The fourth-order valence-corrected chi connectivity index (χ4v) is 1.40. The lowest BCUT2D eigenvalue weighted by atomic mass is 10.3. The Hall–Kier alpha value is -1.53. The highest BCUT2D eigenvalue weighted by atomic mass is 15.1. The highest BCUT2D eigenvalue weighted by Crippen LogP contribution is 2.10. The maximum absolute atomic E-state index is 8.33. The molecule has 3 heteroatoms. The molecule has 0 aliphatic heterocycles. The highest BCUT2D eigenvalue weighted by molar-refractivity contribution is 5.44. The summed E-state index contributed by atoms with van der Waals surface area (Å²) in [6.07, 6.45) is 1.05. The summed E-state index contributed by atoms with van der Waals surface area (Å²) in [6.45, 7) is 2.34. The van der Waals surface area contributed by atoms with Gasteiger partial charge in [-0.25, -0.2) is 0 Å². The van der Waals surface area contributed by atoms with E-state index in [1.54, 1.807) is 0 Å². The number of para-hydroxylation sites is 1. The summed E-state index contributed by atoms with van der Waals surface area (Å²) in [5, 5.41) is 11.4. The van der Waals surface area contributed by atoms with Crippen LogP contribution in [0.5, 0.6) is 0 Å². The van der Waals surface area contributed by atoms with Gasteiger partial charge in [-0.3, -0.25) is 0 Å². The lowest BCUT2D eigenvalue weighted by molar-refractivity contribution is 0.688. The Morgan fingerprint density at radius 2 is 2.07 bits per heavy atom. The molecule has 1 rings (SSSR count). The van der Waals surface area contributed by atoms with E-state index in [9.17, 15) is 0 Å². The normalized spacial score (nSPS) is 9.60. The van der Waals surface area contributed by atoms with Crippen LogP contribution in [-0.2, 0) is 0 Å². The van der Waals surface area contributed by atoms with Gasteiger partial charge in [-0.15, -0.1) is 0 Å². The van der Waals surface area contributed by atoms with E-state index in [2.05, 4.69) is 35.5 Å². The van der Waals surface area contributed by atoms with Crippen molar-refractivity contribution in [1.29, 1.82) is 5.26 Å². The molecule has 0 fully saturated rings. The molecule has 0 saturated heterocycles. The third kappa shape index (κ3) is 4.48. The van der Waals surface area contributed by atoms with E-state index in [1.807, 2.05) is 18.2 Å². The molecular formula is C12H17N3. The molecule has 0 amide bonds. The number of hydrogen-bond donors (Lipinski definition) is 1. The van der Waals surface area contributed by atoms with E-state index >= 15 is 0 Å². The SMILES string of the molecule is CN(CCCNCC#N)c1ccccc1. The zero-order valence-electron chi connectivity index (χ0n) is 9.11. The molecule has 0 atom stereocenters. The molecule has 0 heterocycles. The number of nitrogens with zero attached hydrogens (tertiary/aromatic N) is 2. The van der Waals surface area contributed by atoms with Crippen molar-refractivity contribution in [2.24, 2.45) is 0 Å². The lowest BCUT2D eigenvalue weighted by Crippen LogP contribution is -2.23. The van der Waals surface area contributed by atoms with Crippen molar-refractivity contribution < 1.29 is 0 Å². The summed E-state index contributed by atoms with van der Waals surface area (Å²) < 4.78 is 0. The predicted molar refractivity (Wildman–Crippen MR) is 62.8 cm³/mol. The van der Waals surface area contributed by atoms with Crippen molar-refractivity contribution in [1.82, 2.24) is 5.32 Å². The number of benzene rings is 1. The molecule has 1 aromatic carbocycles. The number of anilines is 1. The van der Waals surface area contributed by atoms with Gasteiger partial charge in [-0.05, 0) is 25.1 Å². The molecule has 3 nitrogen and oxygen atoms in total. The van der Waals surface area contributed by atoms with Gasteiger partial charge in [0, 0.05) is 19.3 Å². The van der Waals surface area contributed by atoms with Gasteiger partial charge >= 0.3 is 0 Å². The smallest absolute Gasteiger partial charge is 0.0840 e. The Kier molecular flexibility index (Phi) is 5.28. The first-order valence-corrected chi connectivity index (χ1v) is 5.18. The van der Waals surface area contributed by atoms with E-state index in [4.69, 9.17) is 5.26 Å². The largest absolute Gasteiger partial charge is 0.375 e. The lowest BCUT2D eigenvalue weighted by Gasteiger charge is -2.18. The van der Waals surface area contributed by atoms with Gasteiger partial charge in [0.15, 0.2) is 0 Å². The van der Waals surface area contributed by atoms with E-state index < -0.39 is 0 Å². The second-order valence-electron chi connectivity index (χ2n) is 3.45. The minimum absolute atomic E-state index is 0.440. The number of nitrogens with one attached hydrogen (secondary N) is 1. The van der Waals surface area contributed by atoms with Crippen molar-refractivity contribution in [3.63, 3.8) is 0 Å². The molecule has 0 radical (unpaired) electrons. The molecule has 0 aromatic heterocycles. The summed E-state index contributed by atoms with van der Waals surface area (Å²) in [5.74, 6) is 0. The standard InChI is InChI=1S/C12H17N3/c1-15(11-5-9-14-10-8-13)12-6-3-2-4-7-12/h2-4,6-7,14H,5,9-11H2,1H3. The third-order valence-corrected chi connectivity index (χ3v) is 2.25. The van der Waals surface area contributed by atoms with Crippen molar-refractivity contribution in [2.45, 2.75) is 6.42 Å². The van der Waals surface area contributed by atoms with Crippen LogP contribution >= 0.6 is 0 Å². The molecular weight excluding hydrogens is 186 g/mol. The van der Waals surface area contributed by atoms with Crippen LogP contribution in [0.25, 0.3) is 0 Å². The Labute approximate surface area is 91.3 Å². The first kappa shape index (κ1) is 11.5. The second kappa shape index (κ2) is 6.86. The first-order valence-electron chi connectivity index (χ1n) is 5.18. The number of hydrogen-bond acceptors (Lipinski definition) is 3. The average Bonchev–Trinajstić information content (AvgIpc) is 2.30. The third-order valence-electron chi connectivity index (χ3n) is 2.25. The quantitative estimate of drug-likeness (QED) is 0.564. The van der Waals surface area contributed by atoms with Crippen molar-refractivity contribution >= 4 is 5.69 Å². The zero-order valence-corrected chi connectivity index (χ0v) is 9.11. The molecule has 0 bridgehead atoms. The minimum Gasteiger partial charge on any atom is -0.375 e. The van der Waals surface area contributed by atoms with Crippen LogP contribution < -0.4 is 10.2 Å². The number of rotatable bonds is 6. The molecule has 0 aliphatic rings. The predicted octanol–water partition coefficient (Wildman–Crippen LogP) is 1.63. The van der Waals surface area contributed by atoms with Crippen LogP contribution in [0, 0.1) is 11.3 Å². The van der Waals surface area contributed by atoms with Gasteiger partial charge in [-0.1, -0.05) is 18.2 Å². The van der Waals surface area contributed by atoms with Gasteiger partial charge in [0.2, 0.25) is 0 Å². The van der Waals surface area contributed by atoms with E-state index in [1.165, 1.54) is 5.69 Å². The van der Waals surface area contributed by atoms with E-state index in [-0.39, 0.29) is 0 Å². The summed E-state index contributed by atoms with van der Waals surface area (Å²) in [6, 6.07) is 12.4. The number of nitriles is 1. The summed E-state index contributed by atoms with van der Waals surface area (Å²) >= 11 is 0. The molecule has 80 valence electrons. The molecule has 1 N–H and O–H groups in total. The molecule has 0 saturated carbocycles. The topological polar surface area (TPSA) is 39.1 Å². The molecule has 15 heavy (non-hydrogen) atoms. The molecule has 0 unspecified atom stereocenters. The summed E-state index contributed by atoms with van der Waals surface area (Å²) in [4.78, 5) is 2.22. The molecule has 0 spiro atoms. The van der Waals surface area contributed by atoms with E-state index in [0.717, 1.165) is 19.5 Å². The fourth-order valence-electron chi connectivity index (χ4n) is 1.40.